The van der Waals surface area contributed by atoms with E-state index >= 15 is 0 Å². The maximum Gasteiger partial charge on any atom is 0.338 e. The van der Waals surface area contributed by atoms with Gasteiger partial charge in [0.1, 0.15) is 11.9 Å². The Kier molecular flexibility index (Phi) is 9.05. The summed E-state index contributed by atoms with van der Waals surface area (Å²) in [4.78, 5) is 12.2. The number of cyclic esters (lactones) is 1. The molecule has 0 aliphatic carbocycles. The third-order valence-electron chi connectivity index (χ3n) is 6.84. The van der Waals surface area contributed by atoms with Crippen LogP contribution in [0.5, 0.6) is 0 Å². The van der Waals surface area contributed by atoms with Crippen molar-refractivity contribution in [3.05, 3.63) is 72.0 Å². The third-order valence-corrected chi connectivity index (χ3v) is 12.5. The van der Waals surface area contributed by atoms with Gasteiger partial charge in [0.25, 0.3) is 18.4 Å². The summed E-state index contributed by atoms with van der Waals surface area (Å²) in [6.07, 6.45) is -0.427. The van der Waals surface area contributed by atoms with E-state index in [-0.39, 0.29) is 11.0 Å². The van der Waals surface area contributed by atoms with E-state index in [4.69, 9.17) is 18.1 Å². The van der Waals surface area contributed by atoms with Crippen molar-refractivity contribution in [1.29, 1.82) is 0 Å². The Morgan fingerprint density at radius 1 is 1.00 bits per heavy atom. The standard InChI is InChI=1S/C28H38O7SSi/c1-20(24(35-36(7,30)31)26-25(32-6)21(2)27(29)34-26)18-19-33-37(28(3,4)5,22-14-10-8-11-15-22)23-16-12-9-13-17-23/h8-17,20,24,26H,18-19H2,1-7H3/t20-,24?,26?/m0/s1. The SMILES string of the molecule is COC1=C(C)C(=O)OC1C(OS(C)(=O)=O)[C@@H](C)CCO[Si](c1ccccc1)(c1ccccc1)C(C)(C)C. The number of esters is 1. The normalized spacial score (nSPS) is 18.5. The summed E-state index contributed by atoms with van der Waals surface area (Å²) >= 11 is 0. The van der Waals surface area contributed by atoms with Crippen LogP contribution in [0.25, 0.3) is 0 Å². The van der Waals surface area contributed by atoms with Gasteiger partial charge in [-0.25, -0.2) is 4.79 Å². The molecule has 202 valence electrons. The molecule has 0 fully saturated rings. The van der Waals surface area contributed by atoms with Crippen molar-refractivity contribution in [3.8, 4) is 0 Å². The lowest BCUT2D eigenvalue weighted by atomic mass is 9.95. The van der Waals surface area contributed by atoms with Crippen molar-refractivity contribution < 1.29 is 31.3 Å². The van der Waals surface area contributed by atoms with Crippen molar-refractivity contribution in [3.63, 3.8) is 0 Å². The molecule has 9 heteroatoms. The molecule has 3 atom stereocenters. The van der Waals surface area contributed by atoms with Crippen LogP contribution in [0.3, 0.4) is 0 Å². The van der Waals surface area contributed by atoms with Crippen LogP contribution in [0.15, 0.2) is 72.0 Å². The van der Waals surface area contributed by atoms with Gasteiger partial charge in [0.05, 0.1) is 18.9 Å². The second kappa shape index (κ2) is 11.5. The van der Waals surface area contributed by atoms with Gasteiger partial charge in [-0.2, -0.15) is 8.42 Å². The predicted molar refractivity (Wildman–Crippen MR) is 147 cm³/mol. The van der Waals surface area contributed by atoms with E-state index in [2.05, 4.69) is 45.0 Å². The molecule has 0 saturated carbocycles. The van der Waals surface area contributed by atoms with E-state index in [0.717, 1.165) is 16.6 Å². The van der Waals surface area contributed by atoms with Gasteiger partial charge in [0.15, 0.2) is 6.10 Å². The highest BCUT2D eigenvalue weighted by Gasteiger charge is 2.50. The first-order chi connectivity index (χ1) is 17.3. The molecule has 37 heavy (non-hydrogen) atoms. The van der Waals surface area contributed by atoms with Crippen LogP contribution in [0, 0.1) is 5.92 Å². The smallest absolute Gasteiger partial charge is 0.338 e. The molecule has 0 N–H and O–H groups in total. The fourth-order valence-corrected chi connectivity index (χ4v) is 10.3. The minimum absolute atomic E-state index is 0.189. The van der Waals surface area contributed by atoms with E-state index in [0.29, 0.717) is 24.4 Å². The Bertz CT molecular complexity index is 1160. The summed E-state index contributed by atoms with van der Waals surface area (Å²) in [7, 11) is -5.15. The molecule has 1 aliphatic rings. The molecule has 1 heterocycles. The lowest BCUT2D eigenvalue weighted by Gasteiger charge is -2.43. The summed E-state index contributed by atoms with van der Waals surface area (Å²) in [6, 6.07) is 20.6. The Morgan fingerprint density at radius 3 is 1.95 bits per heavy atom. The fraction of sp³-hybridized carbons (Fsp3) is 0.464. The Morgan fingerprint density at radius 2 is 1.51 bits per heavy atom. The van der Waals surface area contributed by atoms with E-state index in [1.54, 1.807) is 6.92 Å². The average molecular weight is 547 g/mol. The van der Waals surface area contributed by atoms with Crippen molar-refractivity contribution >= 4 is 34.8 Å². The summed E-state index contributed by atoms with van der Waals surface area (Å²) < 4.78 is 47.6. The molecule has 2 unspecified atom stereocenters. The van der Waals surface area contributed by atoms with E-state index < -0.39 is 36.6 Å². The molecule has 0 amide bonds. The van der Waals surface area contributed by atoms with Crippen molar-refractivity contribution in [2.24, 2.45) is 5.92 Å². The number of methoxy groups -OCH3 is 1. The number of hydrogen-bond acceptors (Lipinski definition) is 7. The van der Waals surface area contributed by atoms with Crippen LogP contribution in [0.2, 0.25) is 5.04 Å². The molecule has 2 aromatic rings. The minimum Gasteiger partial charge on any atom is -0.496 e. The van der Waals surface area contributed by atoms with E-state index in [1.807, 2.05) is 43.3 Å². The molecule has 1 aliphatic heterocycles. The number of carbonyl (C=O) groups excluding carboxylic acids is 1. The number of rotatable bonds is 11. The number of benzene rings is 2. The molecular formula is C28H38O7SSi. The van der Waals surface area contributed by atoms with Gasteiger partial charge >= 0.3 is 5.97 Å². The van der Waals surface area contributed by atoms with Gasteiger partial charge in [-0.05, 0) is 34.7 Å². The molecule has 0 bridgehead atoms. The summed E-state index contributed by atoms with van der Waals surface area (Å²) in [5.74, 6) is -0.583. The highest BCUT2D eigenvalue weighted by Crippen LogP contribution is 2.37. The molecule has 0 aromatic heterocycles. The molecule has 0 spiro atoms. The summed E-state index contributed by atoms with van der Waals surface area (Å²) in [5.41, 5.74) is 0.311. The zero-order valence-corrected chi connectivity index (χ0v) is 24.5. The van der Waals surface area contributed by atoms with Gasteiger partial charge in [0.2, 0.25) is 0 Å². The maximum atomic E-state index is 12.2. The Hall–Kier alpha value is -2.46. The zero-order valence-electron chi connectivity index (χ0n) is 22.7. The molecule has 2 aromatic carbocycles. The topological polar surface area (TPSA) is 88.1 Å². The van der Waals surface area contributed by atoms with Crippen molar-refractivity contribution in [1.82, 2.24) is 0 Å². The second-order valence-electron chi connectivity index (χ2n) is 10.6. The summed E-state index contributed by atoms with van der Waals surface area (Å²) in [5, 5.41) is 2.14. The number of ether oxygens (including phenoxy) is 2. The van der Waals surface area contributed by atoms with Gasteiger partial charge in [-0.15, -0.1) is 0 Å². The Labute approximate surface area is 222 Å². The first-order valence-corrected chi connectivity index (χ1v) is 16.1. The van der Waals surface area contributed by atoms with Crippen molar-refractivity contribution in [2.45, 2.75) is 58.3 Å². The Balaban J connectivity index is 1.92. The van der Waals surface area contributed by atoms with Crippen LogP contribution < -0.4 is 10.4 Å². The summed E-state index contributed by atoms with van der Waals surface area (Å²) in [6.45, 7) is 10.4. The largest absolute Gasteiger partial charge is 0.496 e. The lowest BCUT2D eigenvalue weighted by Crippen LogP contribution is -2.66. The number of hydrogen-bond donors (Lipinski definition) is 0. The van der Waals surface area contributed by atoms with Crippen LogP contribution in [-0.2, 0) is 33.0 Å². The van der Waals surface area contributed by atoms with E-state index in [9.17, 15) is 13.2 Å². The molecule has 7 nitrogen and oxygen atoms in total. The van der Waals surface area contributed by atoms with Crippen LogP contribution in [-0.4, -0.2) is 54.9 Å². The first-order valence-electron chi connectivity index (χ1n) is 12.4. The maximum absolute atomic E-state index is 12.2. The molecular weight excluding hydrogens is 508 g/mol. The number of carbonyl (C=O) groups is 1. The molecule has 3 rings (SSSR count). The lowest BCUT2D eigenvalue weighted by molar-refractivity contribution is -0.145. The van der Waals surface area contributed by atoms with E-state index in [1.165, 1.54) is 7.11 Å². The monoisotopic (exact) mass is 546 g/mol. The van der Waals surface area contributed by atoms with Gasteiger partial charge < -0.3 is 13.9 Å². The second-order valence-corrected chi connectivity index (χ2v) is 16.5. The quantitative estimate of drug-likeness (QED) is 0.241. The highest BCUT2D eigenvalue weighted by atomic mass is 32.2. The van der Waals surface area contributed by atoms with Crippen molar-refractivity contribution in [2.75, 3.05) is 20.0 Å². The zero-order chi connectivity index (χ0) is 27.4. The highest BCUT2D eigenvalue weighted by molar-refractivity contribution is 7.86. The van der Waals surface area contributed by atoms with Crippen LogP contribution in [0.4, 0.5) is 0 Å². The predicted octanol–water partition coefficient (Wildman–Crippen LogP) is 3.78. The van der Waals surface area contributed by atoms with Gasteiger partial charge in [-0.3, -0.25) is 4.18 Å². The minimum atomic E-state index is -3.84. The fourth-order valence-electron chi connectivity index (χ4n) is 5.03. The average Bonchev–Trinajstić information content (AvgIpc) is 3.13. The van der Waals surface area contributed by atoms with Gasteiger partial charge in [-0.1, -0.05) is 88.4 Å². The molecule has 0 saturated heterocycles. The molecule has 0 radical (unpaired) electrons. The first kappa shape index (κ1) is 29.1. The van der Waals surface area contributed by atoms with Crippen LogP contribution in [0.1, 0.15) is 41.0 Å². The third kappa shape index (κ3) is 6.34. The van der Waals surface area contributed by atoms with Crippen LogP contribution >= 0.6 is 0 Å². The van der Waals surface area contributed by atoms with Gasteiger partial charge in [0, 0.05) is 6.61 Å².